The smallest absolute Gasteiger partial charge is 0.376 e. The Morgan fingerprint density at radius 1 is 1.56 bits per heavy atom. The maximum Gasteiger partial charge on any atom is 0.376 e. The minimum absolute atomic E-state index is 0.0200. The van der Waals surface area contributed by atoms with Gasteiger partial charge < -0.3 is 14.8 Å². The van der Waals surface area contributed by atoms with Gasteiger partial charge in [0.1, 0.15) is 6.61 Å². The number of hydrogen-bond acceptors (Lipinski definition) is 6. The van der Waals surface area contributed by atoms with Crippen LogP contribution in [0.3, 0.4) is 0 Å². The molecule has 0 radical (unpaired) electrons. The molecule has 1 aliphatic heterocycles. The van der Waals surface area contributed by atoms with Crippen LogP contribution in [-0.2, 0) is 4.74 Å². The number of nitrogens with one attached hydrogen (secondary N) is 1. The van der Waals surface area contributed by atoms with E-state index in [1.54, 1.807) is 6.07 Å². The summed E-state index contributed by atoms with van der Waals surface area (Å²) < 4.78 is 10.1. The first-order valence-electron chi connectivity index (χ1n) is 6.07. The number of carbonyl (C=O) groups is 1. The summed E-state index contributed by atoms with van der Waals surface area (Å²) in [6.45, 7) is 1.59. The SMILES string of the molecule is COC(=O)c1nccc(OCC2CCCCN2)n1. The van der Waals surface area contributed by atoms with Crippen LogP contribution in [0.25, 0.3) is 0 Å². The standard InChI is InChI=1S/C12H17N3O3/c1-17-12(16)11-14-7-5-10(15-11)18-8-9-4-2-3-6-13-9/h5,7,9,13H,2-4,6,8H2,1H3. The Kier molecular flexibility index (Phi) is 4.46. The molecule has 2 heterocycles. The zero-order valence-corrected chi connectivity index (χ0v) is 10.4. The first kappa shape index (κ1) is 12.8. The predicted molar refractivity (Wildman–Crippen MR) is 64.5 cm³/mol. The van der Waals surface area contributed by atoms with E-state index < -0.39 is 5.97 Å². The Morgan fingerprint density at radius 3 is 3.17 bits per heavy atom. The molecule has 1 fully saturated rings. The monoisotopic (exact) mass is 251 g/mol. The Labute approximate surface area is 106 Å². The van der Waals surface area contributed by atoms with Gasteiger partial charge in [-0.25, -0.2) is 9.78 Å². The third-order valence-corrected chi connectivity index (χ3v) is 2.84. The molecular weight excluding hydrogens is 234 g/mol. The van der Waals surface area contributed by atoms with Crippen LogP contribution in [0.5, 0.6) is 5.88 Å². The van der Waals surface area contributed by atoms with Crippen molar-refractivity contribution in [2.45, 2.75) is 25.3 Å². The second-order valence-electron chi connectivity index (χ2n) is 4.17. The molecule has 1 N–H and O–H groups in total. The molecule has 6 heteroatoms. The summed E-state index contributed by atoms with van der Waals surface area (Å²) in [5.41, 5.74) is 0. The van der Waals surface area contributed by atoms with Gasteiger partial charge in [-0.2, -0.15) is 4.98 Å². The van der Waals surface area contributed by atoms with Gasteiger partial charge in [0, 0.05) is 18.3 Å². The van der Waals surface area contributed by atoms with E-state index in [4.69, 9.17) is 4.74 Å². The van der Waals surface area contributed by atoms with Gasteiger partial charge in [-0.05, 0) is 19.4 Å². The molecule has 98 valence electrons. The number of nitrogens with zero attached hydrogens (tertiary/aromatic N) is 2. The fraction of sp³-hybridized carbons (Fsp3) is 0.583. The number of piperidine rings is 1. The summed E-state index contributed by atoms with van der Waals surface area (Å²) >= 11 is 0. The molecule has 6 nitrogen and oxygen atoms in total. The lowest BCUT2D eigenvalue weighted by atomic mass is 10.1. The molecule has 2 rings (SSSR count). The highest BCUT2D eigenvalue weighted by atomic mass is 16.5. The number of aromatic nitrogens is 2. The first-order valence-corrected chi connectivity index (χ1v) is 6.07. The number of esters is 1. The highest BCUT2D eigenvalue weighted by molar-refractivity contribution is 5.84. The summed E-state index contributed by atoms with van der Waals surface area (Å²) in [6.07, 6.45) is 5.03. The van der Waals surface area contributed by atoms with Crippen LogP contribution in [0.15, 0.2) is 12.3 Å². The molecule has 0 spiro atoms. The highest BCUT2D eigenvalue weighted by Gasteiger charge is 2.14. The maximum atomic E-state index is 11.3. The normalized spacial score (nSPS) is 19.3. The van der Waals surface area contributed by atoms with Gasteiger partial charge in [0.05, 0.1) is 7.11 Å². The first-order chi connectivity index (χ1) is 8.79. The third-order valence-electron chi connectivity index (χ3n) is 2.84. The number of methoxy groups -OCH3 is 1. The third kappa shape index (κ3) is 3.40. The zero-order chi connectivity index (χ0) is 12.8. The molecule has 1 aliphatic rings. The largest absolute Gasteiger partial charge is 0.476 e. The van der Waals surface area contributed by atoms with Crippen molar-refractivity contribution in [2.24, 2.45) is 0 Å². The fourth-order valence-electron chi connectivity index (χ4n) is 1.86. The van der Waals surface area contributed by atoms with Gasteiger partial charge >= 0.3 is 5.97 Å². The van der Waals surface area contributed by atoms with Crippen molar-refractivity contribution in [3.05, 3.63) is 18.1 Å². The van der Waals surface area contributed by atoms with Crippen molar-refractivity contribution in [1.29, 1.82) is 0 Å². The molecule has 0 aliphatic carbocycles. The van der Waals surface area contributed by atoms with Gasteiger partial charge in [0.15, 0.2) is 0 Å². The summed E-state index contributed by atoms with van der Waals surface area (Å²) in [7, 11) is 1.30. The molecule has 1 aromatic heterocycles. The molecule has 0 aromatic carbocycles. The predicted octanol–water partition coefficient (Wildman–Crippen LogP) is 0.784. The summed E-state index contributed by atoms with van der Waals surface area (Å²) in [5.74, 6) is -0.138. The Hall–Kier alpha value is -1.69. The van der Waals surface area contributed by atoms with E-state index in [0.717, 1.165) is 13.0 Å². The number of ether oxygens (including phenoxy) is 2. The maximum absolute atomic E-state index is 11.3. The van der Waals surface area contributed by atoms with E-state index in [1.807, 2.05) is 0 Å². The lowest BCUT2D eigenvalue weighted by Gasteiger charge is -2.23. The molecule has 1 aromatic rings. The quantitative estimate of drug-likeness (QED) is 0.797. The Morgan fingerprint density at radius 2 is 2.44 bits per heavy atom. The van der Waals surface area contributed by atoms with E-state index in [0.29, 0.717) is 18.5 Å². The lowest BCUT2D eigenvalue weighted by Crippen LogP contribution is -2.38. The number of carbonyl (C=O) groups excluding carboxylic acids is 1. The molecule has 0 amide bonds. The van der Waals surface area contributed by atoms with Crippen LogP contribution in [0.2, 0.25) is 0 Å². The van der Waals surface area contributed by atoms with E-state index in [1.165, 1.54) is 26.1 Å². The van der Waals surface area contributed by atoms with Gasteiger partial charge in [0.2, 0.25) is 11.7 Å². The number of hydrogen-bond donors (Lipinski definition) is 1. The second kappa shape index (κ2) is 6.30. The highest BCUT2D eigenvalue weighted by Crippen LogP contribution is 2.10. The molecule has 18 heavy (non-hydrogen) atoms. The molecular formula is C12H17N3O3. The summed E-state index contributed by atoms with van der Waals surface area (Å²) in [4.78, 5) is 19.1. The molecule has 1 saturated heterocycles. The van der Waals surface area contributed by atoms with Crippen molar-refractivity contribution in [1.82, 2.24) is 15.3 Å². The van der Waals surface area contributed by atoms with E-state index in [-0.39, 0.29) is 5.82 Å². The Bertz CT molecular complexity index is 405. The number of rotatable bonds is 4. The van der Waals surface area contributed by atoms with Gasteiger partial charge in [-0.15, -0.1) is 0 Å². The lowest BCUT2D eigenvalue weighted by molar-refractivity contribution is 0.0585. The van der Waals surface area contributed by atoms with Crippen LogP contribution in [0.4, 0.5) is 0 Å². The summed E-state index contributed by atoms with van der Waals surface area (Å²) in [5, 5.41) is 3.38. The molecule has 0 bridgehead atoms. The van der Waals surface area contributed by atoms with Crippen molar-refractivity contribution in [3.8, 4) is 5.88 Å². The van der Waals surface area contributed by atoms with Crippen LogP contribution < -0.4 is 10.1 Å². The molecule has 1 unspecified atom stereocenters. The topological polar surface area (TPSA) is 73.3 Å². The Balaban J connectivity index is 1.90. The minimum Gasteiger partial charge on any atom is -0.476 e. The average Bonchev–Trinajstić information content (AvgIpc) is 2.45. The fourth-order valence-corrected chi connectivity index (χ4v) is 1.86. The van der Waals surface area contributed by atoms with Crippen LogP contribution >= 0.6 is 0 Å². The van der Waals surface area contributed by atoms with Crippen molar-refractivity contribution >= 4 is 5.97 Å². The van der Waals surface area contributed by atoms with Crippen molar-refractivity contribution in [3.63, 3.8) is 0 Å². The van der Waals surface area contributed by atoms with Crippen LogP contribution in [0.1, 0.15) is 29.9 Å². The van der Waals surface area contributed by atoms with E-state index in [2.05, 4.69) is 20.0 Å². The zero-order valence-electron chi connectivity index (χ0n) is 10.4. The minimum atomic E-state index is -0.559. The second-order valence-corrected chi connectivity index (χ2v) is 4.17. The van der Waals surface area contributed by atoms with Crippen LogP contribution in [-0.4, -0.2) is 42.2 Å². The van der Waals surface area contributed by atoms with E-state index in [9.17, 15) is 4.79 Å². The van der Waals surface area contributed by atoms with Crippen molar-refractivity contribution in [2.75, 3.05) is 20.3 Å². The van der Waals surface area contributed by atoms with Crippen molar-refractivity contribution < 1.29 is 14.3 Å². The van der Waals surface area contributed by atoms with Gasteiger partial charge in [0.25, 0.3) is 0 Å². The summed E-state index contributed by atoms with van der Waals surface area (Å²) in [6, 6.07) is 1.99. The molecule has 1 atom stereocenters. The van der Waals surface area contributed by atoms with E-state index >= 15 is 0 Å². The van der Waals surface area contributed by atoms with Gasteiger partial charge in [-0.3, -0.25) is 0 Å². The average molecular weight is 251 g/mol. The van der Waals surface area contributed by atoms with Gasteiger partial charge in [-0.1, -0.05) is 6.42 Å². The van der Waals surface area contributed by atoms with Crippen LogP contribution in [0, 0.1) is 0 Å². The molecule has 0 saturated carbocycles.